The second-order valence-electron chi connectivity index (χ2n) is 6.93. The molecule has 0 aliphatic heterocycles. The van der Waals surface area contributed by atoms with E-state index in [0.717, 1.165) is 5.56 Å². The second kappa shape index (κ2) is 9.33. The van der Waals surface area contributed by atoms with E-state index in [2.05, 4.69) is 0 Å². The first-order valence-corrected chi connectivity index (χ1v) is 9.57. The molecule has 10 nitrogen and oxygen atoms in total. The largest absolute Gasteiger partial charge is 0.493 e. The maximum Gasteiger partial charge on any atom is 0.419 e. The predicted molar refractivity (Wildman–Crippen MR) is 112 cm³/mol. The molecule has 1 amide bonds. The number of methoxy groups -OCH3 is 2. The van der Waals surface area contributed by atoms with Crippen LogP contribution in [0.4, 0.5) is 5.69 Å². The van der Waals surface area contributed by atoms with Gasteiger partial charge in [0.05, 0.1) is 30.7 Å². The smallest absolute Gasteiger partial charge is 0.419 e. The molecule has 0 saturated carbocycles. The summed E-state index contributed by atoms with van der Waals surface area (Å²) in [6, 6.07) is 9.48. The van der Waals surface area contributed by atoms with Crippen molar-refractivity contribution in [1.29, 1.82) is 0 Å². The zero-order chi connectivity index (χ0) is 22.5. The van der Waals surface area contributed by atoms with E-state index in [1.54, 1.807) is 32.2 Å². The van der Waals surface area contributed by atoms with Crippen molar-refractivity contribution < 1.29 is 23.6 Å². The summed E-state index contributed by atoms with van der Waals surface area (Å²) in [5, 5.41) is 10.9. The molecule has 0 N–H and O–H groups in total. The van der Waals surface area contributed by atoms with Crippen molar-refractivity contribution in [3.05, 3.63) is 62.6 Å². The quantitative estimate of drug-likeness (QED) is 0.379. The van der Waals surface area contributed by atoms with Gasteiger partial charge in [0.15, 0.2) is 17.1 Å². The summed E-state index contributed by atoms with van der Waals surface area (Å²) in [5.74, 6) is 0.459. The van der Waals surface area contributed by atoms with Gasteiger partial charge >= 0.3 is 5.76 Å². The van der Waals surface area contributed by atoms with Crippen molar-refractivity contribution in [2.24, 2.45) is 0 Å². The number of para-hydroxylation sites is 1. The van der Waals surface area contributed by atoms with Crippen molar-refractivity contribution in [2.75, 3.05) is 21.3 Å². The summed E-state index contributed by atoms with van der Waals surface area (Å²) in [4.78, 5) is 36.6. The van der Waals surface area contributed by atoms with Crippen LogP contribution in [-0.4, -0.2) is 41.6 Å². The number of hydrogen-bond donors (Lipinski definition) is 0. The van der Waals surface area contributed by atoms with Crippen LogP contribution < -0.4 is 15.2 Å². The van der Waals surface area contributed by atoms with Gasteiger partial charge < -0.3 is 18.8 Å². The van der Waals surface area contributed by atoms with Gasteiger partial charge in [-0.05, 0) is 18.6 Å². The van der Waals surface area contributed by atoms with Gasteiger partial charge in [-0.3, -0.25) is 19.5 Å². The van der Waals surface area contributed by atoms with Gasteiger partial charge in [0, 0.05) is 38.2 Å². The minimum Gasteiger partial charge on any atom is -0.493 e. The Bertz CT molecular complexity index is 1170. The molecule has 31 heavy (non-hydrogen) atoms. The van der Waals surface area contributed by atoms with Gasteiger partial charge in [-0.25, -0.2) is 4.79 Å². The SMILES string of the molecule is COc1cccc(CN(C)C(=O)CCCn2c(=O)oc3cc([N+](=O)[O-])ccc32)c1OC. The Labute approximate surface area is 177 Å². The molecule has 2 aromatic carbocycles. The van der Waals surface area contributed by atoms with Crippen molar-refractivity contribution in [3.8, 4) is 11.5 Å². The number of carbonyl (C=O) groups excluding carboxylic acids is 1. The Balaban J connectivity index is 1.63. The third kappa shape index (κ3) is 4.68. The number of nitro groups is 1. The normalized spacial score (nSPS) is 10.8. The van der Waals surface area contributed by atoms with Crippen LogP contribution in [0.1, 0.15) is 18.4 Å². The number of rotatable bonds is 9. The van der Waals surface area contributed by atoms with Crippen LogP contribution in [0.5, 0.6) is 11.5 Å². The molecule has 1 heterocycles. The fraction of sp³-hybridized carbons (Fsp3) is 0.333. The van der Waals surface area contributed by atoms with E-state index in [1.165, 1.54) is 22.8 Å². The minimum atomic E-state index is -0.614. The first-order chi connectivity index (χ1) is 14.8. The average molecular weight is 429 g/mol. The number of non-ortho nitro benzene ring substituents is 1. The number of ether oxygens (including phenoxy) is 2. The van der Waals surface area contributed by atoms with Gasteiger partial charge in [-0.15, -0.1) is 0 Å². The molecule has 0 radical (unpaired) electrons. The zero-order valence-electron chi connectivity index (χ0n) is 17.5. The Hall–Kier alpha value is -3.82. The lowest BCUT2D eigenvalue weighted by Gasteiger charge is -2.20. The number of nitro benzene ring substituents is 1. The number of carbonyl (C=O) groups is 1. The van der Waals surface area contributed by atoms with Crippen molar-refractivity contribution in [2.45, 2.75) is 25.9 Å². The summed E-state index contributed by atoms with van der Waals surface area (Å²) in [5.41, 5.74) is 1.26. The van der Waals surface area contributed by atoms with Crippen LogP contribution >= 0.6 is 0 Å². The van der Waals surface area contributed by atoms with Crippen molar-refractivity contribution in [1.82, 2.24) is 9.47 Å². The predicted octanol–water partition coefficient (Wildman–Crippen LogP) is 2.96. The van der Waals surface area contributed by atoms with Gasteiger partial charge in [0.2, 0.25) is 5.91 Å². The van der Waals surface area contributed by atoms with E-state index in [1.807, 2.05) is 12.1 Å². The number of oxazole rings is 1. The number of nitrogens with zero attached hydrogens (tertiary/aromatic N) is 3. The summed E-state index contributed by atoms with van der Waals surface area (Å²) >= 11 is 0. The van der Waals surface area contributed by atoms with E-state index in [-0.39, 0.29) is 30.1 Å². The third-order valence-corrected chi connectivity index (χ3v) is 4.95. The first kappa shape index (κ1) is 21.9. The van der Waals surface area contributed by atoms with Crippen molar-refractivity contribution >= 4 is 22.7 Å². The van der Waals surface area contributed by atoms with Gasteiger partial charge in [0.1, 0.15) is 0 Å². The number of benzene rings is 2. The van der Waals surface area contributed by atoms with E-state index in [9.17, 15) is 19.7 Å². The van der Waals surface area contributed by atoms with Crippen LogP contribution in [0.15, 0.2) is 45.6 Å². The molecule has 3 aromatic rings. The highest BCUT2D eigenvalue weighted by Crippen LogP contribution is 2.31. The Morgan fingerprint density at radius 2 is 2.00 bits per heavy atom. The van der Waals surface area contributed by atoms with Gasteiger partial charge in [-0.2, -0.15) is 0 Å². The molecular formula is C21H23N3O7. The molecule has 0 aliphatic carbocycles. The Kier molecular flexibility index (Phi) is 6.58. The molecule has 3 rings (SSSR count). The highest BCUT2D eigenvalue weighted by atomic mass is 16.6. The molecule has 164 valence electrons. The fourth-order valence-electron chi connectivity index (χ4n) is 3.38. The van der Waals surface area contributed by atoms with E-state index in [0.29, 0.717) is 30.0 Å². The molecule has 0 fully saturated rings. The number of amides is 1. The first-order valence-electron chi connectivity index (χ1n) is 9.57. The van der Waals surface area contributed by atoms with Crippen LogP contribution in [-0.2, 0) is 17.9 Å². The highest BCUT2D eigenvalue weighted by molar-refractivity contribution is 5.77. The lowest BCUT2D eigenvalue weighted by Crippen LogP contribution is -2.26. The van der Waals surface area contributed by atoms with E-state index < -0.39 is 10.7 Å². The van der Waals surface area contributed by atoms with Crippen LogP contribution in [0, 0.1) is 10.1 Å². The van der Waals surface area contributed by atoms with Crippen molar-refractivity contribution in [3.63, 3.8) is 0 Å². The Morgan fingerprint density at radius 3 is 2.68 bits per heavy atom. The lowest BCUT2D eigenvalue weighted by molar-refractivity contribution is -0.384. The summed E-state index contributed by atoms with van der Waals surface area (Å²) in [6.45, 7) is 0.600. The van der Waals surface area contributed by atoms with Gasteiger partial charge in [0.25, 0.3) is 5.69 Å². The summed E-state index contributed by atoms with van der Waals surface area (Å²) < 4.78 is 17.2. The standard InChI is InChI=1S/C21H23N3O7/c1-22(13-14-6-4-7-17(29-2)20(14)30-3)19(25)8-5-11-23-16-10-9-15(24(27)28)12-18(16)31-21(23)26/h4,6-7,9-10,12H,5,8,11,13H2,1-3H3. The summed E-state index contributed by atoms with van der Waals surface area (Å²) in [7, 11) is 4.79. The summed E-state index contributed by atoms with van der Waals surface area (Å²) in [6.07, 6.45) is 0.624. The average Bonchev–Trinajstić information content (AvgIpc) is 3.07. The maximum atomic E-state index is 12.6. The van der Waals surface area contributed by atoms with E-state index in [4.69, 9.17) is 13.9 Å². The number of fused-ring (bicyclic) bond motifs is 1. The molecule has 0 saturated heterocycles. The fourth-order valence-corrected chi connectivity index (χ4v) is 3.38. The van der Waals surface area contributed by atoms with Crippen LogP contribution in [0.3, 0.4) is 0 Å². The van der Waals surface area contributed by atoms with E-state index >= 15 is 0 Å². The minimum absolute atomic E-state index is 0.0960. The van der Waals surface area contributed by atoms with Crippen LogP contribution in [0.2, 0.25) is 0 Å². The monoisotopic (exact) mass is 429 g/mol. The molecular weight excluding hydrogens is 406 g/mol. The number of hydrogen-bond acceptors (Lipinski definition) is 7. The topological polar surface area (TPSA) is 117 Å². The molecule has 10 heteroatoms. The lowest BCUT2D eigenvalue weighted by atomic mass is 10.1. The maximum absolute atomic E-state index is 12.6. The molecule has 0 bridgehead atoms. The molecule has 0 spiro atoms. The Morgan fingerprint density at radius 1 is 1.23 bits per heavy atom. The molecule has 0 atom stereocenters. The molecule has 1 aromatic heterocycles. The zero-order valence-corrected chi connectivity index (χ0v) is 17.5. The number of aryl methyl sites for hydroxylation is 1. The second-order valence-corrected chi connectivity index (χ2v) is 6.93. The van der Waals surface area contributed by atoms with Gasteiger partial charge in [-0.1, -0.05) is 12.1 Å². The highest BCUT2D eigenvalue weighted by Gasteiger charge is 2.17. The molecule has 0 aliphatic rings. The molecule has 0 unspecified atom stereocenters. The number of aromatic nitrogens is 1. The van der Waals surface area contributed by atoms with Crippen LogP contribution in [0.25, 0.3) is 11.1 Å². The third-order valence-electron chi connectivity index (χ3n) is 4.95.